The molecule has 1 aliphatic rings. The summed E-state index contributed by atoms with van der Waals surface area (Å²) in [4.78, 5) is 8.46. The smallest absolute Gasteiger partial charge is 0.0981 e. The van der Waals surface area contributed by atoms with Crippen LogP contribution in [0.1, 0.15) is 50.4 Å². The van der Waals surface area contributed by atoms with Crippen molar-refractivity contribution in [1.29, 1.82) is 0 Å². The third-order valence-corrected chi connectivity index (χ3v) is 5.50. The summed E-state index contributed by atoms with van der Waals surface area (Å²) in [6.07, 6.45) is 4.73. The minimum Gasteiger partial charge on any atom is -0.312 e. The number of thiazole rings is 1. The topological polar surface area (TPSA) is 28.2 Å². The Hall–Kier alpha value is -0.450. The van der Waals surface area contributed by atoms with Gasteiger partial charge in [0.2, 0.25) is 0 Å². The zero-order valence-electron chi connectivity index (χ0n) is 13.4. The highest BCUT2D eigenvalue weighted by Crippen LogP contribution is 2.26. The van der Waals surface area contributed by atoms with Crippen LogP contribution in [0.15, 0.2) is 6.20 Å². The van der Waals surface area contributed by atoms with Crippen molar-refractivity contribution in [2.75, 3.05) is 26.2 Å². The zero-order chi connectivity index (χ0) is 14.6. The molecule has 1 aromatic heterocycles. The van der Waals surface area contributed by atoms with Gasteiger partial charge in [0, 0.05) is 23.0 Å². The molecule has 2 rings (SSSR count). The Morgan fingerprint density at radius 3 is 2.60 bits per heavy atom. The number of nitrogens with zero attached hydrogens (tertiary/aromatic N) is 2. The first-order chi connectivity index (χ1) is 9.49. The number of likely N-dealkylation sites (tertiary alicyclic amines) is 1. The summed E-state index contributed by atoms with van der Waals surface area (Å²) in [5.41, 5.74) is 0.176. The van der Waals surface area contributed by atoms with Gasteiger partial charge in [0.25, 0.3) is 0 Å². The van der Waals surface area contributed by atoms with E-state index in [1.807, 2.05) is 17.5 Å². The number of hydrogen-bond acceptors (Lipinski definition) is 4. The second-order valence-corrected chi connectivity index (χ2v) is 8.01. The SMILES string of the molecule is CCN1CCC(CNCc2cnc(C(C)(C)C)s2)CC1. The summed E-state index contributed by atoms with van der Waals surface area (Å²) in [5.74, 6) is 0.854. The molecule has 0 bridgehead atoms. The Morgan fingerprint density at radius 1 is 1.35 bits per heavy atom. The van der Waals surface area contributed by atoms with Gasteiger partial charge in [-0.25, -0.2) is 4.98 Å². The van der Waals surface area contributed by atoms with E-state index in [1.165, 1.54) is 42.4 Å². The van der Waals surface area contributed by atoms with Gasteiger partial charge in [-0.2, -0.15) is 0 Å². The van der Waals surface area contributed by atoms with Crippen LogP contribution in [0.4, 0.5) is 0 Å². The van der Waals surface area contributed by atoms with E-state index in [1.54, 1.807) is 0 Å². The lowest BCUT2D eigenvalue weighted by molar-refractivity contribution is 0.190. The molecule has 1 saturated heterocycles. The predicted molar refractivity (Wildman–Crippen MR) is 87.4 cm³/mol. The molecule has 0 saturated carbocycles. The second-order valence-electron chi connectivity index (χ2n) is 6.89. The van der Waals surface area contributed by atoms with Crippen molar-refractivity contribution < 1.29 is 0 Å². The fourth-order valence-electron chi connectivity index (χ4n) is 2.64. The first-order valence-electron chi connectivity index (χ1n) is 7.87. The van der Waals surface area contributed by atoms with E-state index in [-0.39, 0.29) is 5.41 Å². The van der Waals surface area contributed by atoms with Gasteiger partial charge in [-0.1, -0.05) is 27.7 Å². The number of aromatic nitrogens is 1. The number of piperidine rings is 1. The first-order valence-corrected chi connectivity index (χ1v) is 8.69. The van der Waals surface area contributed by atoms with Gasteiger partial charge >= 0.3 is 0 Å². The van der Waals surface area contributed by atoms with Crippen molar-refractivity contribution >= 4 is 11.3 Å². The van der Waals surface area contributed by atoms with Crippen molar-refractivity contribution in [2.24, 2.45) is 5.92 Å². The Labute approximate surface area is 127 Å². The highest BCUT2D eigenvalue weighted by atomic mass is 32.1. The monoisotopic (exact) mass is 295 g/mol. The molecule has 0 amide bonds. The molecule has 1 N–H and O–H groups in total. The number of hydrogen-bond donors (Lipinski definition) is 1. The van der Waals surface area contributed by atoms with Crippen molar-refractivity contribution in [2.45, 2.75) is 52.5 Å². The van der Waals surface area contributed by atoms with Crippen LogP contribution in [0.3, 0.4) is 0 Å². The van der Waals surface area contributed by atoms with E-state index in [2.05, 4.69) is 42.9 Å². The lowest BCUT2D eigenvalue weighted by Gasteiger charge is -2.31. The lowest BCUT2D eigenvalue weighted by atomic mass is 9.97. The van der Waals surface area contributed by atoms with Gasteiger partial charge in [0.15, 0.2) is 0 Å². The van der Waals surface area contributed by atoms with E-state index in [9.17, 15) is 0 Å². The van der Waals surface area contributed by atoms with E-state index >= 15 is 0 Å². The van der Waals surface area contributed by atoms with Gasteiger partial charge in [0.05, 0.1) is 5.01 Å². The fraction of sp³-hybridized carbons (Fsp3) is 0.812. The van der Waals surface area contributed by atoms with Gasteiger partial charge in [0.1, 0.15) is 0 Å². The number of rotatable bonds is 5. The van der Waals surface area contributed by atoms with Crippen LogP contribution in [0.2, 0.25) is 0 Å². The lowest BCUT2D eigenvalue weighted by Crippen LogP contribution is -2.36. The largest absolute Gasteiger partial charge is 0.312 e. The summed E-state index contributed by atoms with van der Waals surface area (Å²) in [6.45, 7) is 14.8. The Kier molecular flexibility index (Phi) is 5.58. The van der Waals surface area contributed by atoms with E-state index in [0.29, 0.717) is 0 Å². The van der Waals surface area contributed by atoms with Crippen molar-refractivity contribution in [3.63, 3.8) is 0 Å². The van der Waals surface area contributed by atoms with E-state index in [4.69, 9.17) is 0 Å². The standard InChI is InChI=1S/C16H29N3S/c1-5-19-8-6-13(7-9-19)10-17-11-14-12-18-15(20-14)16(2,3)4/h12-13,17H,5-11H2,1-4H3. The minimum atomic E-state index is 0.176. The molecule has 114 valence electrons. The molecule has 0 unspecified atom stereocenters. The molecular weight excluding hydrogens is 266 g/mol. The second kappa shape index (κ2) is 7.01. The van der Waals surface area contributed by atoms with Crippen molar-refractivity contribution in [1.82, 2.24) is 15.2 Å². The van der Waals surface area contributed by atoms with Crippen LogP contribution >= 0.6 is 11.3 Å². The highest BCUT2D eigenvalue weighted by molar-refractivity contribution is 7.11. The molecule has 0 radical (unpaired) electrons. The van der Waals surface area contributed by atoms with Crippen LogP contribution in [0.5, 0.6) is 0 Å². The predicted octanol–water partition coefficient (Wildman–Crippen LogP) is 3.26. The maximum Gasteiger partial charge on any atom is 0.0981 e. The molecule has 0 aliphatic carbocycles. The van der Waals surface area contributed by atoms with Gasteiger partial charge in [-0.05, 0) is 44.9 Å². The molecule has 20 heavy (non-hydrogen) atoms. The van der Waals surface area contributed by atoms with Gasteiger partial charge in [-0.3, -0.25) is 0 Å². The highest BCUT2D eigenvalue weighted by Gasteiger charge is 2.19. The molecule has 0 aromatic carbocycles. The molecule has 4 heteroatoms. The third-order valence-electron chi connectivity index (χ3n) is 4.08. The summed E-state index contributed by atoms with van der Waals surface area (Å²) in [6, 6.07) is 0. The maximum atomic E-state index is 4.55. The molecular formula is C16H29N3S. The molecule has 1 aliphatic heterocycles. The average Bonchev–Trinajstić information content (AvgIpc) is 2.88. The van der Waals surface area contributed by atoms with Crippen LogP contribution < -0.4 is 5.32 Å². The summed E-state index contributed by atoms with van der Waals surface area (Å²) in [5, 5.41) is 4.86. The molecule has 0 atom stereocenters. The maximum absolute atomic E-state index is 4.55. The summed E-state index contributed by atoms with van der Waals surface area (Å²) < 4.78 is 0. The normalized spacial score (nSPS) is 18.6. The Balaban J connectivity index is 1.70. The van der Waals surface area contributed by atoms with Crippen LogP contribution in [-0.2, 0) is 12.0 Å². The van der Waals surface area contributed by atoms with Crippen LogP contribution in [0.25, 0.3) is 0 Å². The Morgan fingerprint density at radius 2 is 2.05 bits per heavy atom. The molecule has 0 spiro atoms. The first kappa shape index (κ1) is 15.9. The summed E-state index contributed by atoms with van der Waals surface area (Å²) in [7, 11) is 0. The van der Waals surface area contributed by atoms with Crippen LogP contribution in [0, 0.1) is 5.92 Å². The quantitative estimate of drug-likeness (QED) is 0.903. The fourth-order valence-corrected chi connectivity index (χ4v) is 3.58. The van der Waals surface area contributed by atoms with Gasteiger partial charge in [-0.15, -0.1) is 11.3 Å². The van der Waals surface area contributed by atoms with E-state index in [0.717, 1.165) is 19.0 Å². The Bertz CT molecular complexity index is 400. The van der Waals surface area contributed by atoms with E-state index < -0.39 is 0 Å². The zero-order valence-corrected chi connectivity index (χ0v) is 14.2. The molecule has 2 heterocycles. The third kappa shape index (κ3) is 4.54. The van der Waals surface area contributed by atoms with Crippen molar-refractivity contribution in [3.05, 3.63) is 16.1 Å². The van der Waals surface area contributed by atoms with Crippen molar-refractivity contribution in [3.8, 4) is 0 Å². The molecule has 3 nitrogen and oxygen atoms in total. The van der Waals surface area contributed by atoms with Gasteiger partial charge < -0.3 is 10.2 Å². The molecule has 1 fully saturated rings. The number of nitrogens with one attached hydrogen (secondary N) is 1. The molecule has 1 aromatic rings. The minimum absolute atomic E-state index is 0.176. The summed E-state index contributed by atoms with van der Waals surface area (Å²) >= 11 is 1.85. The average molecular weight is 295 g/mol. The van der Waals surface area contributed by atoms with Crippen LogP contribution in [-0.4, -0.2) is 36.1 Å².